The monoisotopic (exact) mass is 180 g/mol. The third-order valence-electron chi connectivity index (χ3n) is 2.29. The van der Waals surface area contributed by atoms with Crippen LogP contribution in [0.3, 0.4) is 0 Å². The quantitative estimate of drug-likeness (QED) is 0.735. The summed E-state index contributed by atoms with van der Waals surface area (Å²) in [5.74, 6) is 0.716. The smallest absolute Gasteiger partial charge is 0.140 e. The van der Waals surface area contributed by atoms with Gasteiger partial charge in [-0.3, -0.25) is 0 Å². The summed E-state index contributed by atoms with van der Waals surface area (Å²) in [5, 5.41) is 9.99. The third kappa shape index (κ3) is 1.30. The first-order valence-electron chi connectivity index (χ1n) is 4.20. The summed E-state index contributed by atoms with van der Waals surface area (Å²) in [7, 11) is 1.60. The zero-order valence-corrected chi connectivity index (χ0v) is 7.49. The Balaban J connectivity index is 2.38. The Morgan fingerprint density at radius 1 is 1.38 bits per heavy atom. The normalized spacial score (nSPS) is 19.2. The molecule has 1 N–H and O–H groups in total. The van der Waals surface area contributed by atoms with Crippen molar-refractivity contribution in [2.24, 2.45) is 0 Å². The van der Waals surface area contributed by atoms with Crippen molar-refractivity contribution < 1.29 is 14.6 Å². The molecule has 1 saturated heterocycles. The predicted octanol–water partition coefficient (Wildman–Crippen LogP) is 0.913. The van der Waals surface area contributed by atoms with Crippen LogP contribution in [0.4, 0.5) is 0 Å². The molecule has 0 radical (unpaired) electrons. The highest BCUT2D eigenvalue weighted by Gasteiger charge is 2.39. The summed E-state index contributed by atoms with van der Waals surface area (Å²) in [6.45, 7) is 0.709. The van der Waals surface area contributed by atoms with Gasteiger partial charge in [0.2, 0.25) is 0 Å². The van der Waals surface area contributed by atoms with Crippen LogP contribution >= 0.6 is 0 Å². The molecule has 1 aromatic rings. The number of hydrogen-bond acceptors (Lipinski definition) is 3. The summed E-state index contributed by atoms with van der Waals surface area (Å²) >= 11 is 0. The molecule has 0 unspecified atom stereocenters. The Morgan fingerprint density at radius 3 is 2.62 bits per heavy atom. The first-order chi connectivity index (χ1) is 6.26. The van der Waals surface area contributed by atoms with Crippen molar-refractivity contribution in [2.45, 2.75) is 5.60 Å². The second-order valence-electron chi connectivity index (χ2n) is 3.22. The van der Waals surface area contributed by atoms with Crippen molar-refractivity contribution in [1.82, 2.24) is 0 Å². The molecule has 0 bridgehead atoms. The van der Waals surface area contributed by atoms with Gasteiger partial charge in [-0.05, 0) is 6.07 Å². The number of benzene rings is 1. The van der Waals surface area contributed by atoms with E-state index in [0.717, 1.165) is 5.56 Å². The fraction of sp³-hybridized carbons (Fsp3) is 0.400. The average molecular weight is 180 g/mol. The van der Waals surface area contributed by atoms with Crippen LogP contribution in [0.2, 0.25) is 0 Å². The van der Waals surface area contributed by atoms with E-state index in [1.807, 2.05) is 24.3 Å². The first kappa shape index (κ1) is 8.53. The van der Waals surface area contributed by atoms with Crippen molar-refractivity contribution in [3.05, 3.63) is 29.8 Å². The van der Waals surface area contributed by atoms with Crippen LogP contribution < -0.4 is 4.74 Å². The van der Waals surface area contributed by atoms with E-state index in [1.54, 1.807) is 7.11 Å². The number of methoxy groups -OCH3 is 1. The maximum absolute atomic E-state index is 9.99. The molecule has 1 fully saturated rings. The number of aliphatic hydroxyl groups is 1. The highest BCUT2D eigenvalue weighted by molar-refractivity contribution is 5.39. The van der Waals surface area contributed by atoms with Gasteiger partial charge in [-0.25, -0.2) is 0 Å². The van der Waals surface area contributed by atoms with Gasteiger partial charge in [-0.2, -0.15) is 0 Å². The van der Waals surface area contributed by atoms with Gasteiger partial charge in [0.05, 0.1) is 20.3 Å². The molecule has 0 aliphatic carbocycles. The van der Waals surface area contributed by atoms with Gasteiger partial charge in [-0.15, -0.1) is 0 Å². The molecule has 2 rings (SSSR count). The van der Waals surface area contributed by atoms with Gasteiger partial charge < -0.3 is 14.6 Å². The van der Waals surface area contributed by atoms with Gasteiger partial charge in [0.25, 0.3) is 0 Å². The Morgan fingerprint density at radius 2 is 2.08 bits per heavy atom. The highest BCUT2D eigenvalue weighted by Crippen LogP contribution is 2.35. The fourth-order valence-electron chi connectivity index (χ4n) is 1.48. The van der Waals surface area contributed by atoms with Gasteiger partial charge in [0.15, 0.2) is 0 Å². The Hall–Kier alpha value is -1.06. The SMILES string of the molecule is COc1ccccc1C1(O)COC1. The highest BCUT2D eigenvalue weighted by atomic mass is 16.5. The third-order valence-corrected chi connectivity index (χ3v) is 2.29. The van der Waals surface area contributed by atoms with Crippen LogP contribution in [0.1, 0.15) is 5.56 Å². The molecular formula is C10H12O3. The standard InChI is InChI=1S/C10H12O3/c1-12-9-5-3-2-4-8(9)10(11)6-13-7-10/h2-5,11H,6-7H2,1H3. The van der Waals surface area contributed by atoms with E-state index in [1.165, 1.54) is 0 Å². The van der Waals surface area contributed by atoms with Crippen molar-refractivity contribution >= 4 is 0 Å². The molecule has 0 aromatic heterocycles. The molecule has 0 amide bonds. The van der Waals surface area contributed by atoms with Gasteiger partial charge in [-0.1, -0.05) is 18.2 Å². The van der Waals surface area contributed by atoms with Crippen molar-refractivity contribution in [1.29, 1.82) is 0 Å². The topological polar surface area (TPSA) is 38.7 Å². The molecule has 70 valence electrons. The molecular weight excluding hydrogens is 168 g/mol. The summed E-state index contributed by atoms with van der Waals surface area (Å²) < 4.78 is 10.1. The van der Waals surface area contributed by atoms with Crippen LogP contribution in [0.5, 0.6) is 5.75 Å². The Kier molecular flexibility index (Phi) is 1.98. The van der Waals surface area contributed by atoms with E-state index >= 15 is 0 Å². The predicted molar refractivity (Wildman–Crippen MR) is 47.7 cm³/mol. The van der Waals surface area contributed by atoms with Crippen LogP contribution in [0, 0.1) is 0 Å². The minimum Gasteiger partial charge on any atom is -0.496 e. The fourth-order valence-corrected chi connectivity index (χ4v) is 1.48. The van der Waals surface area contributed by atoms with Gasteiger partial charge in [0.1, 0.15) is 11.4 Å². The lowest BCUT2D eigenvalue weighted by molar-refractivity contribution is -0.185. The zero-order chi connectivity index (χ0) is 9.31. The first-order valence-corrected chi connectivity index (χ1v) is 4.20. The second kappa shape index (κ2) is 3.01. The number of ether oxygens (including phenoxy) is 2. The number of hydrogen-bond donors (Lipinski definition) is 1. The Labute approximate surface area is 76.9 Å². The maximum Gasteiger partial charge on any atom is 0.140 e. The minimum absolute atomic E-state index is 0.355. The van der Waals surface area contributed by atoms with E-state index in [-0.39, 0.29) is 0 Å². The minimum atomic E-state index is -0.841. The van der Waals surface area contributed by atoms with Crippen molar-refractivity contribution in [3.63, 3.8) is 0 Å². The number of para-hydroxylation sites is 1. The largest absolute Gasteiger partial charge is 0.496 e. The zero-order valence-electron chi connectivity index (χ0n) is 7.49. The molecule has 1 aliphatic heterocycles. The van der Waals surface area contributed by atoms with E-state index < -0.39 is 5.60 Å². The molecule has 0 saturated carbocycles. The number of rotatable bonds is 2. The van der Waals surface area contributed by atoms with E-state index in [0.29, 0.717) is 19.0 Å². The maximum atomic E-state index is 9.99. The van der Waals surface area contributed by atoms with E-state index in [4.69, 9.17) is 9.47 Å². The van der Waals surface area contributed by atoms with Crippen molar-refractivity contribution in [2.75, 3.05) is 20.3 Å². The lowest BCUT2D eigenvalue weighted by Crippen LogP contribution is -2.46. The van der Waals surface area contributed by atoms with Crippen LogP contribution in [0.15, 0.2) is 24.3 Å². The Bertz CT molecular complexity index is 305. The average Bonchev–Trinajstić information content (AvgIpc) is 2.14. The summed E-state index contributed by atoms with van der Waals surface area (Å²) in [4.78, 5) is 0. The molecule has 0 spiro atoms. The molecule has 1 heterocycles. The molecule has 3 heteroatoms. The van der Waals surface area contributed by atoms with Crippen molar-refractivity contribution in [3.8, 4) is 5.75 Å². The van der Waals surface area contributed by atoms with E-state index in [9.17, 15) is 5.11 Å². The second-order valence-corrected chi connectivity index (χ2v) is 3.22. The molecule has 3 nitrogen and oxygen atoms in total. The van der Waals surface area contributed by atoms with Crippen LogP contribution in [-0.4, -0.2) is 25.4 Å². The molecule has 0 atom stereocenters. The summed E-state index contributed by atoms with van der Waals surface area (Å²) in [5.41, 5.74) is -0.0316. The van der Waals surface area contributed by atoms with Gasteiger partial charge >= 0.3 is 0 Å². The molecule has 13 heavy (non-hydrogen) atoms. The van der Waals surface area contributed by atoms with E-state index in [2.05, 4.69) is 0 Å². The van der Waals surface area contributed by atoms with Gasteiger partial charge in [0, 0.05) is 5.56 Å². The summed E-state index contributed by atoms with van der Waals surface area (Å²) in [6, 6.07) is 7.46. The lowest BCUT2D eigenvalue weighted by atomic mass is 9.91. The van der Waals surface area contributed by atoms with Crippen LogP contribution in [0.25, 0.3) is 0 Å². The summed E-state index contributed by atoms with van der Waals surface area (Å²) in [6.07, 6.45) is 0. The molecule has 1 aliphatic rings. The van der Waals surface area contributed by atoms with Crippen LogP contribution in [-0.2, 0) is 10.3 Å². The lowest BCUT2D eigenvalue weighted by Gasteiger charge is -2.37. The molecule has 1 aromatic carbocycles.